The third-order valence-corrected chi connectivity index (χ3v) is 4.92. The lowest BCUT2D eigenvalue weighted by Crippen LogP contribution is -2.22. The van der Waals surface area contributed by atoms with E-state index in [1.54, 1.807) is 7.11 Å². The van der Waals surface area contributed by atoms with Gasteiger partial charge in [0, 0.05) is 38.0 Å². The number of anilines is 2. The van der Waals surface area contributed by atoms with E-state index in [1.165, 1.54) is 12.1 Å². The van der Waals surface area contributed by atoms with E-state index in [9.17, 15) is 18.0 Å². The molecule has 1 N–H and O–H groups in total. The van der Waals surface area contributed by atoms with Crippen molar-refractivity contribution in [1.29, 1.82) is 0 Å². The number of halogens is 3. The zero-order valence-electron chi connectivity index (χ0n) is 15.6. The second-order valence-corrected chi connectivity index (χ2v) is 6.88. The molecule has 1 saturated heterocycles. The van der Waals surface area contributed by atoms with Crippen molar-refractivity contribution in [3.05, 3.63) is 59.7 Å². The average molecular weight is 392 g/mol. The Hall–Kier alpha value is -2.54. The Kier molecular flexibility index (Phi) is 6.24. The first-order chi connectivity index (χ1) is 13.3. The van der Waals surface area contributed by atoms with Crippen molar-refractivity contribution in [3.63, 3.8) is 0 Å². The Balaban J connectivity index is 1.48. The van der Waals surface area contributed by atoms with Gasteiger partial charge in [-0.2, -0.15) is 13.2 Å². The molecule has 0 aromatic heterocycles. The van der Waals surface area contributed by atoms with Gasteiger partial charge in [-0.3, -0.25) is 4.79 Å². The highest BCUT2D eigenvalue weighted by atomic mass is 19.4. The molecule has 1 aliphatic heterocycles. The third-order valence-electron chi connectivity index (χ3n) is 4.92. The lowest BCUT2D eigenvalue weighted by molar-refractivity contribution is -0.137. The van der Waals surface area contributed by atoms with Crippen LogP contribution in [0.25, 0.3) is 0 Å². The molecule has 0 bridgehead atoms. The van der Waals surface area contributed by atoms with Crippen LogP contribution in [0.15, 0.2) is 48.5 Å². The number of carbonyl (C=O) groups excluding carboxylic acids is 1. The zero-order chi connectivity index (χ0) is 20.1. The van der Waals surface area contributed by atoms with Gasteiger partial charge in [-0.15, -0.1) is 0 Å². The van der Waals surface area contributed by atoms with Crippen LogP contribution in [0.5, 0.6) is 0 Å². The van der Waals surface area contributed by atoms with Crippen molar-refractivity contribution in [3.8, 4) is 0 Å². The maximum absolute atomic E-state index is 12.6. The molecule has 1 atom stereocenters. The summed E-state index contributed by atoms with van der Waals surface area (Å²) < 4.78 is 43.1. The van der Waals surface area contributed by atoms with Crippen LogP contribution < -0.4 is 10.2 Å². The first-order valence-electron chi connectivity index (χ1n) is 9.19. The number of carbonyl (C=O) groups is 1. The van der Waals surface area contributed by atoms with Gasteiger partial charge in [-0.25, -0.2) is 0 Å². The SMILES string of the molecule is CO[C@@H]1CCN(c2ccc(NC(=O)CCc3ccc(C(F)(F)F)cc3)cc2)C1. The molecular formula is C21H23F3N2O2. The number of hydrogen-bond acceptors (Lipinski definition) is 3. The van der Waals surface area contributed by atoms with E-state index in [2.05, 4.69) is 10.2 Å². The molecule has 2 aromatic rings. The summed E-state index contributed by atoms with van der Waals surface area (Å²) in [5.41, 5.74) is 1.79. The van der Waals surface area contributed by atoms with E-state index < -0.39 is 11.7 Å². The number of ether oxygens (including phenoxy) is 1. The molecule has 1 amide bonds. The lowest BCUT2D eigenvalue weighted by atomic mass is 10.1. The highest BCUT2D eigenvalue weighted by Crippen LogP contribution is 2.29. The van der Waals surface area contributed by atoms with Crippen LogP contribution in [0, 0.1) is 0 Å². The van der Waals surface area contributed by atoms with Crippen LogP contribution in [-0.4, -0.2) is 32.2 Å². The Labute approximate surface area is 162 Å². The van der Waals surface area contributed by atoms with Gasteiger partial charge >= 0.3 is 6.18 Å². The Morgan fingerprint density at radius 3 is 2.39 bits per heavy atom. The van der Waals surface area contributed by atoms with Gasteiger partial charge in [0.2, 0.25) is 5.91 Å². The molecular weight excluding hydrogens is 369 g/mol. The molecule has 1 aliphatic rings. The maximum atomic E-state index is 12.6. The first-order valence-corrected chi connectivity index (χ1v) is 9.19. The molecule has 28 heavy (non-hydrogen) atoms. The third kappa shape index (κ3) is 5.25. The summed E-state index contributed by atoms with van der Waals surface area (Å²) >= 11 is 0. The molecule has 4 nitrogen and oxygen atoms in total. The normalized spacial score (nSPS) is 17.0. The van der Waals surface area contributed by atoms with Gasteiger partial charge in [0.1, 0.15) is 0 Å². The van der Waals surface area contributed by atoms with Crippen LogP contribution in [0.1, 0.15) is 24.0 Å². The van der Waals surface area contributed by atoms with Gasteiger partial charge in [0.15, 0.2) is 0 Å². The van der Waals surface area contributed by atoms with Crippen molar-refractivity contribution in [2.24, 2.45) is 0 Å². The second-order valence-electron chi connectivity index (χ2n) is 6.88. The van der Waals surface area contributed by atoms with Crippen LogP contribution in [0.4, 0.5) is 24.5 Å². The summed E-state index contributed by atoms with van der Waals surface area (Å²) in [4.78, 5) is 14.4. The van der Waals surface area contributed by atoms with Gasteiger partial charge in [0.25, 0.3) is 0 Å². The summed E-state index contributed by atoms with van der Waals surface area (Å²) in [5, 5.41) is 2.82. The fourth-order valence-corrected chi connectivity index (χ4v) is 3.25. The topological polar surface area (TPSA) is 41.6 Å². The monoisotopic (exact) mass is 392 g/mol. The molecule has 3 rings (SSSR count). The quantitative estimate of drug-likeness (QED) is 0.787. The van der Waals surface area contributed by atoms with Crippen molar-refractivity contribution < 1.29 is 22.7 Å². The lowest BCUT2D eigenvalue weighted by Gasteiger charge is -2.18. The Bertz CT molecular complexity index is 789. The van der Waals surface area contributed by atoms with E-state index in [0.717, 1.165) is 37.3 Å². The van der Waals surface area contributed by atoms with Gasteiger partial charge in [-0.1, -0.05) is 12.1 Å². The minimum absolute atomic E-state index is 0.173. The molecule has 7 heteroatoms. The van der Waals surface area contributed by atoms with Crippen LogP contribution in [0.3, 0.4) is 0 Å². The highest BCUT2D eigenvalue weighted by molar-refractivity contribution is 5.91. The van der Waals surface area contributed by atoms with E-state index >= 15 is 0 Å². The van der Waals surface area contributed by atoms with E-state index in [1.807, 2.05) is 24.3 Å². The molecule has 1 heterocycles. The average Bonchev–Trinajstić information content (AvgIpc) is 3.16. The highest BCUT2D eigenvalue weighted by Gasteiger charge is 2.29. The molecule has 0 unspecified atom stereocenters. The van der Waals surface area contributed by atoms with E-state index in [4.69, 9.17) is 4.74 Å². The second kappa shape index (κ2) is 8.65. The summed E-state index contributed by atoms with van der Waals surface area (Å²) in [6.45, 7) is 1.80. The number of benzene rings is 2. The maximum Gasteiger partial charge on any atom is 0.416 e. The smallest absolute Gasteiger partial charge is 0.380 e. The molecule has 2 aromatic carbocycles. The molecule has 150 valence electrons. The Morgan fingerprint density at radius 2 is 1.82 bits per heavy atom. The molecule has 0 radical (unpaired) electrons. The summed E-state index contributed by atoms with van der Waals surface area (Å²) in [7, 11) is 1.72. The number of aryl methyl sites for hydroxylation is 1. The largest absolute Gasteiger partial charge is 0.416 e. The molecule has 0 saturated carbocycles. The number of methoxy groups -OCH3 is 1. The zero-order valence-corrected chi connectivity index (χ0v) is 15.6. The minimum Gasteiger partial charge on any atom is -0.380 e. The van der Waals surface area contributed by atoms with Gasteiger partial charge in [0.05, 0.1) is 11.7 Å². The fourth-order valence-electron chi connectivity index (χ4n) is 3.25. The number of nitrogens with one attached hydrogen (secondary N) is 1. The minimum atomic E-state index is -4.35. The van der Waals surface area contributed by atoms with Crippen LogP contribution in [-0.2, 0) is 22.1 Å². The number of alkyl halides is 3. The first kappa shape index (κ1) is 20.2. The number of nitrogens with zero attached hydrogens (tertiary/aromatic N) is 1. The summed E-state index contributed by atoms with van der Waals surface area (Å²) in [6, 6.07) is 12.5. The van der Waals surface area contributed by atoms with Crippen LogP contribution >= 0.6 is 0 Å². The van der Waals surface area contributed by atoms with Crippen molar-refractivity contribution in [2.45, 2.75) is 31.5 Å². The standard InChI is InChI=1S/C21H23F3N2O2/c1-28-19-12-13-26(14-19)18-9-7-17(8-10-18)25-20(27)11-4-15-2-5-16(6-3-15)21(22,23)24/h2-3,5-10,19H,4,11-14H2,1H3,(H,25,27)/t19-/m1/s1. The predicted octanol–water partition coefficient (Wildman–Crippen LogP) is 4.50. The molecule has 0 spiro atoms. The van der Waals surface area contributed by atoms with Gasteiger partial charge in [-0.05, 0) is 54.8 Å². The number of amides is 1. The summed E-state index contributed by atoms with van der Waals surface area (Å²) in [5.74, 6) is -0.173. The Morgan fingerprint density at radius 1 is 1.14 bits per heavy atom. The van der Waals surface area contributed by atoms with Crippen molar-refractivity contribution in [1.82, 2.24) is 0 Å². The van der Waals surface area contributed by atoms with Crippen molar-refractivity contribution in [2.75, 3.05) is 30.4 Å². The number of hydrogen-bond donors (Lipinski definition) is 1. The van der Waals surface area contributed by atoms with E-state index in [0.29, 0.717) is 17.7 Å². The summed E-state index contributed by atoms with van der Waals surface area (Å²) in [6.07, 6.45) is -2.51. The molecule has 0 aliphatic carbocycles. The molecule has 1 fully saturated rings. The van der Waals surface area contributed by atoms with Crippen LogP contribution in [0.2, 0.25) is 0 Å². The fraction of sp³-hybridized carbons (Fsp3) is 0.381. The van der Waals surface area contributed by atoms with Gasteiger partial charge < -0.3 is 15.0 Å². The number of rotatable bonds is 6. The predicted molar refractivity (Wildman–Crippen MR) is 102 cm³/mol. The van der Waals surface area contributed by atoms with E-state index in [-0.39, 0.29) is 18.4 Å². The van der Waals surface area contributed by atoms with Crippen molar-refractivity contribution >= 4 is 17.3 Å².